The average molecular weight is 431 g/mol. The van der Waals surface area contributed by atoms with Crippen molar-refractivity contribution in [1.29, 1.82) is 0 Å². The van der Waals surface area contributed by atoms with E-state index in [4.69, 9.17) is 27.8 Å². The molecule has 5 aromatic rings. The van der Waals surface area contributed by atoms with Crippen LogP contribution in [-0.4, -0.2) is 19.5 Å². The number of fused-ring (bicyclic) bond motifs is 2. The van der Waals surface area contributed by atoms with Crippen LogP contribution in [0.3, 0.4) is 0 Å². The summed E-state index contributed by atoms with van der Waals surface area (Å²) in [6, 6.07) is 15.6. The van der Waals surface area contributed by atoms with Crippen molar-refractivity contribution in [3.05, 3.63) is 77.3 Å². The molecule has 3 aromatic heterocycles. The van der Waals surface area contributed by atoms with Crippen LogP contribution in [0, 0.1) is 6.92 Å². The Kier molecular flexibility index (Phi) is 4.60. The molecule has 0 aliphatic heterocycles. The number of benzene rings is 2. The van der Waals surface area contributed by atoms with Crippen molar-refractivity contribution in [3.63, 3.8) is 0 Å². The van der Waals surface area contributed by atoms with Crippen LogP contribution in [0.4, 0.5) is 11.5 Å². The molecule has 0 bridgehead atoms. The smallest absolute Gasteiger partial charge is 0.151 e. The number of pyridine rings is 1. The first kappa shape index (κ1) is 19.1. The molecular formula is C23H19ClN6O. The van der Waals surface area contributed by atoms with Gasteiger partial charge >= 0.3 is 0 Å². The lowest BCUT2D eigenvalue weighted by molar-refractivity contribution is 0.306. The number of nitrogens with zero attached hydrogens (tertiary/aromatic N) is 4. The number of halogens is 1. The average Bonchev–Trinajstić information content (AvgIpc) is 3.10. The zero-order valence-corrected chi connectivity index (χ0v) is 17.5. The molecule has 0 atom stereocenters. The highest BCUT2D eigenvalue weighted by Crippen LogP contribution is 2.30. The number of aromatic nitrogens is 4. The van der Waals surface area contributed by atoms with Crippen LogP contribution in [0.15, 0.2) is 61.1 Å². The van der Waals surface area contributed by atoms with Crippen molar-refractivity contribution in [3.8, 4) is 11.4 Å². The normalized spacial score (nSPS) is 11.3. The van der Waals surface area contributed by atoms with Crippen molar-refractivity contribution in [1.82, 2.24) is 19.5 Å². The second-order valence-corrected chi connectivity index (χ2v) is 7.70. The van der Waals surface area contributed by atoms with Gasteiger partial charge in [-0.25, -0.2) is 9.97 Å². The van der Waals surface area contributed by atoms with Crippen molar-refractivity contribution in [2.75, 3.05) is 11.5 Å². The molecule has 7 nitrogen and oxygen atoms in total. The second kappa shape index (κ2) is 7.45. The predicted molar refractivity (Wildman–Crippen MR) is 124 cm³/mol. The zero-order valence-electron chi connectivity index (χ0n) is 16.7. The quantitative estimate of drug-likeness (QED) is 0.429. The summed E-state index contributed by atoms with van der Waals surface area (Å²) in [5.41, 5.74) is 17.0. The minimum absolute atomic E-state index is 0.356. The van der Waals surface area contributed by atoms with E-state index in [1.165, 1.54) is 6.33 Å². The Morgan fingerprint density at radius 1 is 1.06 bits per heavy atom. The third-order valence-corrected chi connectivity index (χ3v) is 5.39. The van der Waals surface area contributed by atoms with Crippen molar-refractivity contribution < 1.29 is 4.74 Å². The molecule has 0 aliphatic rings. The highest BCUT2D eigenvalue weighted by Gasteiger charge is 2.13. The summed E-state index contributed by atoms with van der Waals surface area (Å²) in [6.45, 7) is 2.31. The molecule has 4 N–H and O–H groups in total. The Labute approximate surface area is 183 Å². The van der Waals surface area contributed by atoms with Crippen LogP contribution in [-0.2, 0) is 6.61 Å². The topological polar surface area (TPSA) is 105 Å². The zero-order chi connectivity index (χ0) is 21.5. The molecule has 3 heterocycles. The van der Waals surface area contributed by atoms with Gasteiger partial charge < -0.3 is 16.2 Å². The van der Waals surface area contributed by atoms with Crippen LogP contribution >= 0.6 is 11.6 Å². The lowest BCUT2D eigenvalue weighted by Gasteiger charge is -2.11. The Morgan fingerprint density at radius 3 is 2.81 bits per heavy atom. The Morgan fingerprint density at radius 2 is 1.94 bits per heavy atom. The van der Waals surface area contributed by atoms with E-state index in [1.807, 2.05) is 60.0 Å². The number of anilines is 2. The summed E-state index contributed by atoms with van der Waals surface area (Å²) in [6.07, 6.45) is 3.22. The Hall–Kier alpha value is -3.84. The Balaban J connectivity index is 1.43. The molecule has 0 fully saturated rings. The largest absolute Gasteiger partial charge is 0.489 e. The van der Waals surface area contributed by atoms with Gasteiger partial charge in [0.05, 0.1) is 15.9 Å². The fourth-order valence-electron chi connectivity index (χ4n) is 3.66. The molecule has 8 heteroatoms. The molecule has 31 heavy (non-hydrogen) atoms. The van der Waals surface area contributed by atoms with E-state index in [-0.39, 0.29) is 0 Å². The highest BCUT2D eigenvalue weighted by atomic mass is 35.5. The van der Waals surface area contributed by atoms with Crippen molar-refractivity contribution in [2.45, 2.75) is 13.5 Å². The standard InChI is InChI=1S/C23H19ClN6O/c1-13-7-19(25)17-6-5-16(9-20(17)29-13)31-11-14-3-2-4-15(8-14)30-10-18(24)21-22(26)27-12-28-23(21)30/h2-10,12H,11H2,1H3,(H2,25,29)(H2,26,27,28). The number of hydrogen-bond acceptors (Lipinski definition) is 6. The number of nitrogen functional groups attached to an aromatic ring is 2. The Bertz CT molecular complexity index is 1450. The van der Waals surface area contributed by atoms with Gasteiger partial charge in [0, 0.05) is 34.7 Å². The van der Waals surface area contributed by atoms with E-state index >= 15 is 0 Å². The third kappa shape index (κ3) is 3.49. The van der Waals surface area contributed by atoms with Gasteiger partial charge in [-0.15, -0.1) is 0 Å². The summed E-state index contributed by atoms with van der Waals surface area (Å²) in [4.78, 5) is 12.9. The summed E-state index contributed by atoms with van der Waals surface area (Å²) >= 11 is 6.36. The molecule has 2 aromatic carbocycles. The molecule has 0 saturated carbocycles. The first-order chi connectivity index (χ1) is 15.0. The van der Waals surface area contributed by atoms with Gasteiger partial charge in [0.15, 0.2) is 5.65 Å². The van der Waals surface area contributed by atoms with E-state index < -0.39 is 0 Å². The number of ether oxygens (including phenoxy) is 1. The van der Waals surface area contributed by atoms with Crippen LogP contribution < -0.4 is 16.2 Å². The fraction of sp³-hybridized carbons (Fsp3) is 0.0870. The van der Waals surface area contributed by atoms with Gasteiger partial charge in [-0.1, -0.05) is 23.7 Å². The molecule has 0 radical (unpaired) electrons. The number of rotatable bonds is 4. The van der Waals surface area contributed by atoms with Crippen LogP contribution in [0.5, 0.6) is 5.75 Å². The number of hydrogen-bond donors (Lipinski definition) is 2. The maximum absolute atomic E-state index is 6.36. The molecule has 0 aliphatic carbocycles. The number of nitrogens with two attached hydrogens (primary N) is 2. The van der Waals surface area contributed by atoms with Gasteiger partial charge in [-0.05, 0) is 42.8 Å². The third-order valence-electron chi connectivity index (χ3n) is 5.10. The molecule has 5 rings (SSSR count). The minimum Gasteiger partial charge on any atom is -0.489 e. The van der Waals surface area contributed by atoms with Crippen LogP contribution in [0.2, 0.25) is 5.02 Å². The minimum atomic E-state index is 0.356. The second-order valence-electron chi connectivity index (χ2n) is 7.29. The van der Waals surface area contributed by atoms with E-state index in [0.29, 0.717) is 34.2 Å². The van der Waals surface area contributed by atoms with Crippen LogP contribution in [0.1, 0.15) is 11.3 Å². The molecule has 0 spiro atoms. The lowest BCUT2D eigenvalue weighted by atomic mass is 10.1. The molecule has 0 unspecified atom stereocenters. The maximum Gasteiger partial charge on any atom is 0.151 e. The van der Waals surface area contributed by atoms with Gasteiger partial charge in [-0.2, -0.15) is 0 Å². The SMILES string of the molecule is Cc1cc(N)c2ccc(OCc3cccc(-n4cc(Cl)c5c(N)ncnc54)c3)cc2n1. The molecule has 0 amide bonds. The summed E-state index contributed by atoms with van der Waals surface area (Å²) in [5, 5.41) is 2.06. The first-order valence-electron chi connectivity index (χ1n) is 9.65. The monoisotopic (exact) mass is 430 g/mol. The van der Waals surface area contributed by atoms with Crippen molar-refractivity contribution in [2.24, 2.45) is 0 Å². The van der Waals surface area contributed by atoms with E-state index in [1.54, 1.807) is 6.20 Å². The van der Waals surface area contributed by atoms with Crippen molar-refractivity contribution >= 4 is 45.0 Å². The summed E-state index contributed by atoms with van der Waals surface area (Å²) in [5.74, 6) is 1.08. The van der Waals surface area contributed by atoms with E-state index in [2.05, 4.69) is 15.0 Å². The van der Waals surface area contributed by atoms with Gasteiger partial charge in [0.2, 0.25) is 0 Å². The molecule has 154 valence electrons. The first-order valence-corrected chi connectivity index (χ1v) is 10.0. The summed E-state index contributed by atoms with van der Waals surface area (Å²) < 4.78 is 7.91. The van der Waals surface area contributed by atoms with E-state index in [0.717, 1.165) is 33.6 Å². The highest BCUT2D eigenvalue weighted by molar-refractivity contribution is 6.36. The van der Waals surface area contributed by atoms with E-state index in [9.17, 15) is 0 Å². The van der Waals surface area contributed by atoms with Gasteiger partial charge in [-0.3, -0.25) is 9.55 Å². The maximum atomic E-state index is 6.36. The predicted octanol–water partition coefficient (Wildman–Crippen LogP) is 4.67. The number of aryl methyl sites for hydroxylation is 1. The molecule has 0 saturated heterocycles. The van der Waals surface area contributed by atoms with Gasteiger partial charge in [0.25, 0.3) is 0 Å². The van der Waals surface area contributed by atoms with Gasteiger partial charge in [0.1, 0.15) is 24.5 Å². The molecular weight excluding hydrogens is 412 g/mol. The summed E-state index contributed by atoms with van der Waals surface area (Å²) in [7, 11) is 0. The lowest BCUT2D eigenvalue weighted by Crippen LogP contribution is -2.00. The fourth-order valence-corrected chi connectivity index (χ4v) is 3.94. The van der Waals surface area contributed by atoms with Crippen LogP contribution in [0.25, 0.3) is 27.6 Å².